The summed E-state index contributed by atoms with van der Waals surface area (Å²) in [5.74, 6) is 0.608. The Kier molecular flexibility index (Phi) is 2.63. The third kappa shape index (κ3) is 1.72. The van der Waals surface area contributed by atoms with Gasteiger partial charge in [-0.2, -0.15) is 5.10 Å². The largest absolute Gasteiger partial charge is 0.383 e. The van der Waals surface area contributed by atoms with E-state index in [1.807, 2.05) is 0 Å². The molecular formula is C8H11N3O. The Morgan fingerprint density at radius 3 is 3.00 bits per heavy atom. The summed E-state index contributed by atoms with van der Waals surface area (Å²) in [6.07, 6.45) is 6.45. The molecule has 0 amide bonds. The van der Waals surface area contributed by atoms with Crippen LogP contribution in [0.15, 0.2) is 12.3 Å². The molecule has 64 valence electrons. The Hall–Kier alpha value is -1.58. The summed E-state index contributed by atoms with van der Waals surface area (Å²) in [6, 6.07) is 0. The van der Waals surface area contributed by atoms with Crippen LogP contribution < -0.4 is 5.73 Å². The molecule has 1 rings (SSSR count). The van der Waals surface area contributed by atoms with Gasteiger partial charge in [-0.3, -0.25) is 4.68 Å². The van der Waals surface area contributed by atoms with Gasteiger partial charge in [-0.1, -0.05) is 12.2 Å². The first-order chi connectivity index (χ1) is 5.75. The van der Waals surface area contributed by atoms with Gasteiger partial charge >= 0.3 is 0 Å². The van der Waals surface area contributed by atoms with E-state index in [9.17, 15) is 4.79 Å². The Morgan fingerprint density at radius 2 is 2.50 bits per heavy atom. The molecule has 1 aromatic heterocycles. The van der Waals surface area contributed by atoms with Crippen molar-refractivity contribution in [2.45, 2.75) is 6.42 Å². The van der Waals surface area contributed by atoms with Crippen LogP contribution in [0.5, 0.6) is 0 Å². The summed E-state index contributed by atoms with van der Waals surface area (Å²) >= 11 is 0. The number of rotatable bonds is 3. The first-order valence-corrected chi connectivity index (χ1v) is 3.63. The van der Waals surface area contributed by atoms with Crippen LogP contribution in [0, 0.1) is 0 Å². The highest BCUT2D eigenvalue weighted by Gasteiger charge is 1.98. The van der Waals surface area contributed by atoms with E-state index in [2.05, 4.69) is 5.10 Å². The lowest BCUT2D eigenvalue weighted by molar-refractivity contribution is -0.107. The molecule has 4 heteroatoms. The molecule has 1 heterocycles. The lowest BCUT2D eigenvalue weighted by Gasteiger charge is -1.92. The topological polar surface area (TPSA) is 60.9 Å². The van der Waals surface area contributed by atoms with Crippen molar-refractivity contribution in [2.75, 3.05) is 5.73 Å². The third-order valence-corrected chi connectivity index (χ3v) is 1.54. The lowest BCUT2D eigenvalue weighted by Crippen LogP contribution is -1.97. The van der Waals surface area contributed by atoms with Gasteiger partial charge in [-0.25, -0.2) is 0 Å². The van der Waals surface area contributed by atoms with E-state index in [1.54, 1.807) is 30.1 Å². The van der Waals surface area contributed by atoms with Gasteiger partial charge < -0.3 is 10.5 Å². The minimum atomic E-state index is 0.411. The quantitative estimate of drug-likeness (QED) is 0.667. The average molecular weight is 165 g/mol. The van der Waals surface area contributed by atoms with E-state index >= 15 is 0 Å². The zero-order valence-electron chi connectivity index (χ0n) is 6.90. The molecule has 0 aliphatic heterocycles. The van der Waals surface area contributed by atoms with Gasteiger partial charge in [0.05, 0.1) is 6.20 Å². The maximum atomic E-state index is 9.98. The van der Waals surface area contributed by atoms with E-state index in [0.29, 0.717) is 12.2 Å². The summed E-state index contributed by atoms with van der Waals surface area (Å²) in [5.41, 5.74) is 6.49. The maximum Gasteiger partial charge on any atom is 0.128 e. The predicted octanol–water partition coefficient (Wildman–Crippen LogP) is 0.605. The molecule has 0 bridgehead atoms. The van der Waals surface area contributed by atoms with Crippen molar-refractivity contribution in [3.05, 3.63) is 17.8 Å². The fourth-order valence-corrected chi connectivity index (χ4v) is 0.843. The molecule has 12 heavy (non-hydrogen) atoms. The number of allylic oxidation sites excluding steroid dienone is 1. The van der Waals surface area contributed by atoms with Crippen molar-refractivity contribution in [3.63, 3.8) is 0 Å². The van der Waals surface area contributed by atoms with Crippen molar-refractivity contribution in [1.82, 2.24) is 9.78 Å². The second-order valence-electron chi connectivity index (χ2n) is 2.41. The minimum absolute atomic E-state index is 0.411. The normalized spacial score (nSPS) is 10.8. The van der Waals surface area contributed by atoms with Gasteiger partial charge in [-0.05, 0) is 0 Å². The first-order valence-electron chi connectivity index (χ1n) is 3.63. The highest BCUT2D eigenvalue weighted by atomic mass is 16.1. The van der Waals surface area contributed by atoms with E-state index < -0.39 is 0 Å². The molecule has 0 atom stereocenters. The Balaban J connectivity index is 2.75. The second kappa shape index (κ2) is 3.71. The smallest absolute Gasteiger partial charge is 0.128 e. The maximum absolute atomic E-state index is 9.98. The predicted molar refractivity (Wildman–Crippen MR) is 47.3 cm³/mol. The molecule has 1 aromatic rings. The molecular weight excluding hydrogens is 154 g/mol. The number of anilines is 1. The summed E-state index contributed by atoms with van der Waals surface area (Å²) in [7, 11) is 1.77. The van der Waals surface area contributed by atoms with Gasteiger partial charge in [0.15, 0.2) is 0 Å². The Morgan fingerprint density at radius 1 is 1.75 bits per heavy atom. The van der Waals surface area contributed by atoms with Crippen molar-refractivity contribution in [3.8, 4) is 0 Å². The zero-order chi connectivity index (χ0) is 8.97. The van der Waals surface area contributed by atoms with Crippen LogP contribution in [0.4, 0.5) is 5.82 Å². The molecule has 0 aliphatic rings. The average Bonchev–Trinajstić information content (AvgIpc) is 2.36. The van der Waals surface area contributed by atoms with Crippen LogP contribution >= 0.6 is 0 Å². The van der Waals surface area contributed by atoms with Crippen molar-refractivity contribution in [2.24, 2.45) is 7.05 Å². The minimum Gasteiger partial charge on any atom is -0.383 e. The summed E-state index contributed by atoms with van der Waals surface area (Å²) in [4.78, 5) is 9.98. The molecule has 0 saturated carbocycles. The first kappa shape index (κ1) is 8.52. The molecule has 0 spiro atoms. The molecule has 0 radical (unpaired) electrons. The molecule has 0 fully saturated rings. The fraction of sp³-hybridized carbons (Fsp3) is 0.250. The number of nitrogens with two attached hydrogens (primary N) is 1. The number of hydrogen-bond donors (Lipinski definition) is 1. The Labute approximate surface area is 70.7 Å². The summed E-state index contributed by atoms with van der Waals surface area (Å²) in [5, 5.41) is 3.95. The van der Waals surface area contributed by atoms with Crippen LogP contribution in [-0.4, -0.2) is 16.1 Å². The van der Waals surface area contributed by atoms with Crippen LogP contribution in [0.3, 0.4) is 0 Å². The fourth-order valence-electron chi connectivity index (χ4n) is 0.843. The molecule has 4 nitrogen and oxygen atoms in total. The molecule has 0 aliphatic carbocycles. The van der Waals surface area contributed by atoms with Gasteiger partial charge in [0, 0.05) is 19.0 Å². The molecule has 0 saturated heterocycles. The van der Waals surface area contributed by atoms with Gasteiger partial charge in [0.1, 0.15) is 12.1 Å². The van der Waals surface area contributed by atoms with Gasteiger partial charge in [-0.15, -0.1) is 0 Å². The SMILES string of the molecule is Cn1ncc(C=CCC=O)c1N. The highest BCUT2D eigenvalue weighted by molar-refractivity contribution is 5.63. The number of carbonyl (C=O) groups excluding carboxylic acids is 1. The van der Waals surface area contributed by atoms with Crippen molar-refractivity contribution in [1.29, 1.82) is 0 Å². The second-order valence-corrected chi connectivity index (χ2v) is 2.41. The number of aromatic nitrogens is 2. The van der Waals surface area contributed by atoms with E-state index in [-0.39, 0.29) is 0 Å². The van der Waals surface area contributed by atoms with E-state index in [0.717, 1.165) is 11.8 Å². The van der Waals surface area contributed by atoms with Crippen molar-refractivity contribution >= 4 is 18.2 Å². The number of nitrogens with zero attached hydrogens (tertiary/aromatic N) is 2. The summed E-state index contributed by atoms with van der Waals surface area (Å²) < 4.78 is 1.58. The number of hydrogen-bond acceptors (Lipinski definition) is 3. The Bertz CT molecular complexity index is 301. The standard InChI is InChI=1S/C8H11N3O/c1-11-8(9)7(6-10-11)4-2-3-5-12/h2,4-6H,3,9H2,1H3. The summed E-state index contributed by atoms with van der Waals surface area (Å²) in [6.45, 7) is 0. The van der Waals surface area contributed by atoms with Gasteiger partial charge in [0.25, 0.3) is 0 Å². The third-order valence-electron chi connectivity index (χ3n) is 1.54. The monoisotopic (exact) mass is 165 g/mol. The van der Waals surface area contributed by atoms with Crippen LogP contribution in [0.1, 0.15) is 12.0 Å². The van der Waals surface area contributed by atoms with Gasteiger partial charge in [0.2, 0.25) is 0 Å². The molecule has 0 unspecified atom stereocenters. The van der Waals surface area contributed by atoms with Crippen LogP contribution in [0.2, 0.25) is 0 Å². The zero-order valence-corrected chi connectivity index (χ0v) is 6.90. The van der Waals surface area contributed by atoms with Crippen LogP contribution in [0.25, 0.3) is 6.08 Å². The number of nitrogen functional groups attached to an aromatic ring is 1. The van der Waals surface area contributed by atoms with E-state index in [4.69, 9.17) is 5.73 Å². The molecule has 0 aromatic carbocycles. The molecule has 2 N–H and O–H groups in total. The van der Waals surface area contributed by atoms with Crippen molar-refractivity contribution < 1.29 is 4.79 Å². The number of aryl methyl sites for hydroxylation is 1. The number of carbonyl (C=O) groups is 1. The highest BCUT2D eigenvalue weighted by Crippen LogP contribution is 2.10. The van der Waals surface area contributed by atoms with Crippen LogP contribution in [-0.2, 0) is 11.8 Å². The lowest BCUT2D eigenvalue weighted by atomic mass is 10.3. The number of aldehydes is 1. The van der Waals surface area contributed by atoms with E-state index in [1.165, 1.54) is 0 Å².